The summed E-state index contributed by atoms with van der Waals surface area (Å²) in [6, 6.07) is 7.92. The highest BCUT2D eigenvalue weighted by molar-refractivity contribution is 9.10. The Balaban J connectivity index is 1.58. The number of nitrogens with one attached hydrogen (secondary N) is 1. The molecule has 2 nitrogen and oxygen atoms in total. The third-order valence-electron chi connectivity index (χ3n) is 3.58. The molecule has 0 saturated heterocycles. The van der Waals surface area contributed by atoms with Gasteiger partial charge in [0.25, 0.3) is 0 Å². The van der Waals surface area contributed by atoms with E-state index in [2.05, 4.69) is 21.2 Å². The molecule has 1 N–H and O–H groups in total. The van der Waals surface area contributed by atoms with Gasteiger partial charge in [0, 0.05) is 16.4 Å². The lowest BCUT2D eigenvalue weighted by Gasteiger charge is -2.27. The number of benzene rings is 1. The van der Waals surface area contributed by atoms with Crippen molar-refractivity contribution in [2.24, 2.45) is 5.92 Å². The first-order valence-electron chi connectivity index (χ1n) is 6.99. The van der Waals surface area contributed by atoms with E-state index in [1.54, 1.807) is 0 Å². The van der Waals surface area contributed by atoms with E-state index in [1.807, 2.05) is 24.3 Å². The summed E-state index contributed by atoms with van der Waals surface area (Å²) in [5.74, 6) is 1.54. The fourth-order valence-corrected chi connectivity index (χ4v) is 3.09. The highest BCUT2D eigenvalue weighted by atomic mass is 79.9. The maximum atomic E-state index is 6.33. The molecule has 1 aliphatic carbocycles. The van der Waals surface area contributed by atoms with Crippen molar-refractivity contribution in [2.45, 2.75) is 31.1 Å². The van der Waals surface area contributed by atoms with Crippen LogP contribution in [0.5, 0.6) is 5.75 Å². The number of rotatable bonds is 6. The Hall–Kier alpha value is -0.250. The Bertz CT molecular complexity index is 371. The van der Waals surface area contributed by atoms with Crippen LogP contribution in [0, 0.1) is 5.92 Å². The molecule has 2 unspecified atom stereocenters. The predicted molar refractivity (Wildman–Crippen MR) is 84.1 cm³/mol. The molecule has 0 aliphatic heterocycles. The van der Waals surface area contributed by atoms with Crippen LogP contribution < -0.4 is 10.1 Å². The minimum atomic E-state index is 0.355. The van der Waals surface area contributed by atoms with Gasteiger partial charge in [-0.2, -0.15) is 0 Å². The summed E-state index contributed by atoms with van der Waals surface area (Å²) in [6.45, 7) is 2.58. The molecule has 0 amide bonds. The van der Waals surface area contributed by atoms with Gasteiger partial charge in [-0.1, -0.05) is 28.8 Å². The first-order valence-corrected chi connectivity index (χ1v) is 8.22. The standard InChI is InChI=1S/C15H21BrClNO/c16-13-5-7-14(8-6-13)19-10-9-18-11-12-3-1-2-4-15(12)17/h5-8,12,15,18H,1-4,9-11H2. The first-order chi connectivity index (χ1) is 9.25. The molecule has 0 heterocycles. The SMILES string of the molecule is ClC1CCCCC1CNCCOc1ccc(Br)cc1. The van der Waals surface area contributed by atoms with Crippen molar-refractivity contribution < 1.29 is 4.74 Å². The van der Waals surface area contributed by atoms with Gasteiger partial charge in [0.05, 0.1) is 0 Å². The highest BCUT2D eigenvalue weighted by Crippen LogP contribution is 2.27. The lowest BCUT2D eigenvalue weighted by molar-refractivity contribution is 0.296. The number of ether oxygens (including phenoxy) is 1. The van der Waals surface area contributed by atoms with Gasteiger partial charge < -0.3 is 10.1 Å². The Labute approximate surface area is 129 Å². The van der Waals surface area contributed by atoms with Gasteiger partial charge in [0.15, 0.2) is 0 Å². The monoisotopic (exact) mass is 345 g/mol. The van der Waals surface area contributed by atoms with Crippen LogP contribution in [0.2, 0.25) is 0 Å². The minimum absolute atomic E-state index is 0.355. The number of hydrogen-bond donors (Lipinski definition) is 1. The topological polar surface area (TPSA) is 21.3 Å². The molecule has 1 aliphatic rings. The normalized spacial score (nSPS) is 23.3. The zero-order valence-electron chi connectivity index (χ0n) is 11.1. The van der Waals surface area contributed by atoms with Crippen LogP contribution >= 0.6 is 27.5 Å². The van der Waals surface area contributed by atoms with Crippen molar-refractivity contribution in [2.75, 3.05) is 19.7 Å². The Morgan fingerprint density at radius 2 is 1.95 bits per heavy atom. The first kappa shape index (κ1) is 15.1. The van der Waals surface area contributed by atoms with Gasteiger partial charge in [0.1, 0.15) is 12.4 Å². The second-order valence-electron chi connectivity index (χ2n) is 5.07. The molecular weight excluding hydrogens is 326 g/mol. The van der Waals surface area contributed by atoms with Crippen LogP contribution in [0.1, 0.15) is 25.7 Å². The summed E-state index contributed by atoms with van der Waals surface area (Å²) in [7, 11) is 0. The zero-order chi connectivity index (χ0) is 13.5. The van der Waals surface area contributed by atoms with Crippen LogP contribution in [0.15, 0.2) is 28.7 Å². The maximum Gasteiger partial charge on any atom is 0.119 e. The van der Waals surface area contributed by atoms with Gasteiger partial charge >= 0.3 is 0 Å². The summed E-state index contributed by atoms with van der Waals surface area (Å²) < 4.78 is 6.73. The van der Waals surface area contributed by atoms with Crippen molar-refractivity contribution in [3.8, 4) is 5.75 Å². The molecule has 1 aromatic rings. The second-order valence-corrected chi connectivity index (χ2v) is 6.54. The summed E-state index contributed by atoms with van der Waals surface area (Å²) in [6.07, 6.45) is 5.04. The molecule has 4 heteroatoms. The Morgan fingerprint density at radius 1 is 1.21 bits per heavy atom. The molecule has 1 saturated carbocycles. The van der Waals surface area contributed by atoms with E-state index in [0.717, 1.165) is 23.3 Å². The lowest BCUT2D eigenvalue weighted by Crippen LogP contribution is -2.33. The summed E-state index contributed by atoms with van der Waals surface area (Å²) in [5, 5.41) is 3.80. The third kappa shape index (κ3) is 5.33. The van der Waals surface area contributed by atoms with E-state index in [0.29, 0.717) is 17.9 Å². The zero-order valence-corrected chi connectivity index (χ0v) is 13.4. The summed E-state index contributed by atoms with van der Waals surface area (Å²) in [5.41, 5.74) is 0. The maximum absolute atomic E-state index is 6.33. The molecule has 0 aromatic heterocycles. The van der Waals surface area contributed by atoms with Crippen molar-refractivity contribution >= 4 is 27.5 Å². The molecule has 2 atom stereocenters. The Kier molecular flexibility index (Phi) is 6.48. The molecule has 1 aromatic carbocycles. The van der Waals surface area contributed by atoms with Crippen LogP contribution in [-0.4, -0.2) is 25.1 Å². The van der Waals surface area contributed by atoms with Crippen molar-refractivity contribution in [1.29, 1.82) is 0 Å². The van der Waals surface area contributed by atoms with E-state index in [4.69, 9.17) is 16.3 Å². The number of hydrogen-bond acceptors (Lipinski definition) is 2. The van der Waals surface area contributed by atoms with Gasteiger partial charge in [-0.15, -0.1) is 11.6 Å². The molecule has 1 fully saturated rings. The summed E-state index contributed by atoms with van der Waals surface area (Å²) in [4.78, 5) is 0. The van der Waals surface area contributed by atoms with Crippen LogP contribution in [0.3, 0.4) is 0 Å². The van der Waals surface area contributed by atoms with Crippen LogP contribution in [0.25, 0.3) is 0 Å². The molecule has 0 bridgehead atoms. The van der Waals surface area contributed by atoms with E-state index in [9.17, 15) is 0 Å². The van der Waals surface area contributed by atoms with Crippen LogP contribution in [0.4, 0.5) is 0 Å². The largest absolute Gasteiger partial charge is 0.492 e. The fraction of sp³-hybridized carbons (Fsp3) is 0.600. The number of alkyl halides is 1. The average molecular weight is 347 g/mol. The van der Waals surface area contributed by atoms with E-state index < -0.39 is 0 Å². The van der Waals surface area contributed by atoms with Gasteiger partial charge in [0.2, 0.25) is 0 Å². The summed E-state index contributed by atoms with van der Waals surface area (Å²) >= 11 is 9.74. The molecule has 19 heavy (non-hydrogen) atoms. The molecule has 106 valence electrons. The number of halogens is 2. The second kappa shape index (κ2) is 8.13. The van der Waals surface area contributed by atoms with Crippen LogP contribution in [-0.2, 0) is 0 Å². The van der Waals surface area contributed by atoms with E-state index in [-0.39, 0.29) is 0 Å². The Morgan fingerprint density at radius 3 is 2.68 bits per heavy atom. The smallest absolute Gasteiger partial charge is 0.119 e. The average Bonchev–Trinajstić information content (AvgIpc) is 2.42. The molecule has 0 spiro atoms. The molecule has 2 rings (SSSR count). The van der Waals surface area contributed by atoms with Crippen molar-refractivity contribution in [1.82, 2.24) is 5.32 Å². The predicted octanol–water partition coefficient (Wildman–Crippen LogP) is 4.22. The van der Waals surface area contributed by atoms with Gasteiger partial charge in [-0.3, -0.25) is 0 Å². The highest BCUT2D eigenvalue weighted by Gasteiger charge is 2.22. The lowest BCUT2D eigenvalue weighted by atomic mass is 9.89. The third-order valence-corrected chi connectivity index (χ3v) is 4.69. The molecule has 0 radical (unpaired) electrons. The van der Waals surface area contributed by atoms with Gasteiger partial charge in [-0.25, -0.2) is 0 Å². The minimum Gasteiger partial charge on any atom is -0.492 e. The van der Waals surface area contributed by atoms with Crippen molar-refractivity contribution in [3.05, 3.63) is 28.7 Å². The van der Waals surface area contributed by atoms with E-state index in [1.165, 1.54) is 25.7 Å². The van der Waals surface area contributed by atoms with Crippen molar-refractivity contribution in [3.63, 3.8) is 0 Å². The van der Waals surface area contributed by atoms with Gasteiger partial charge in [-0.05, 0) is 49.6 Å². The molecular formula is C15H21BrClNO. The van der Waals surface area contributed by atoms with E-state index >= 15 is 0 Å². The fourth-order valence-electron chi connectivity index (χ4n) is 2.45. The quantitative estimate of drug-likeness (QED) is 0.615.